The van der Waals surface area contributed by atoms with Crippen molar-refractivity contribution in [3.63, 3.8) is 0 Å². The topological polar surface area (TPSA) is 73.1 Å². The molecule has 16 heavy (non-hydrogen) atoms. The molecular formula is C11H12N4O. The van der Waals surface area contributed by atoms with Gasteiger partial charge in [-0.3, -0.25) is 0 Å². The van der Waals surface area contributed by atoms with E-state index in [0.29, 0.717) is 17.5 Å². The van der Waals surface area contributed by atoms with E-state index in [1.807, 2.05) is 24.3 Å². The molecule has 0 amide bonds. The third-order valence-corrected chi connectivity index (χ3v) is 1.98. The molecule has 0 atom stereocenters. The van der Waals surface area contributed by atoms with Crippen molar-refractivity contribution in [2.24, 2.45) is 0 Å². The lowest BCUT2D eigenvalue weighted by molar-refractivity contribution is 0.397. The number of hydrogen-bond acceptors (Lipinski definition) is 5. The molecule has 0 unspecified atom stereocenters. The van der Waals surface area contributed by atoms with Gasteiger partial charge in [0.15, 0.2) is 0 Å². The van der Waals surface area contributed by atoms with Gasteiger partial charge in [0, 0.05) is 23.6 Å². The van der Waals surface area contributed by atoms with Crippen molar-refractivity contribution in [1.82, 2.24) is 9.97 Å². The molecule has 0 radical (unpaired) electrons. The maximum absolute atomic E-state index is 5.66. The van der Waals surface area contributed by atoms with Gasteiger partial charge >= 0.3 is 0 Å². The van der Waals surface area contributed by atoms with Crippen molar-refractivity contribution in [2.75, 3.05) is 18.2 Å². The molecule has 0 bridgehead atoms. The summed E-state index contributed by atoms with van der Waals surface area (Å²) in [7, 11) is 1.56. The minimum absolute atomic E-state index is 0.477. The molecule has 0 aliphatic rings. The first-order chi connectivity index (χ1) is 7.78. The Labute approximate surface area is 93.3 Å². The molecule has 0 spiro atoms. The molecule has 82 valence electrons. The van der Waals surface area contributed by atoms with Crippen molar-refractivity contribution in [3.05, 3.63) is 36.5 Å². The molecule has 3 N–H and O–H groups in total. The number of benzene rings is 1. The number of nitrogens with two attached hydrogens (primary N) is 1. The number of nitrogens with zero attached hydrogens (tertiary/aromatic N) is 2. The van der Waals surface area contributed by atoms with Gasteiger partial charge in [-0.2, -0.15) is 4.98 Å². The van der Waals surface area contributed by atoms with E-state index in [2.05, 4.69) is 15.3 Å². The molecule has 0 saturated carbocycles. The summed E-state index contributed by atoms with van der Waals surface area (Å²) in [5.41, 5.74) is 7.19. The lowest BCUT2D eigenvalue weighted by Gasteiger charge is -2.06. The lowest BCUT2D eigenvalue weighted by atomic mass is 10.3. The second-order valence-electron chi connectivity index (χ2n) is 3.17. The predicted molar refractivity (Wildman–Crippen MR) is 62.7 cm³/mol. The summed E-state index contributed by atoms with van der Waals surface area (Å²) in [6.07, 6.45) is 1.63. The molecule has 2 aromatic rings. The van der Waals surface area contributed by atoms with Crippen LogP contribution in [0.5, 0.6) is 5.88 Å². The molecular weight excluding hydrogens is 204 g/mol. The number of ether oxygens (including phenoxy) is 1. The van der Waals surface area contributed by atoms with Gasteiger partial charge in [-0.15, -0.1) is 0 Å². The monoisotopic (exact) mass is 216 g/mol. The van der Waals surface area contributed by atoms with Crippen molar-refractivity contribution in [2.45, 2.75) is 0 Å². The largest absolute Gasteiger partial charge is 0.481 e. The molecule has 5 heteroatoms. The number of nitrogen functional groups attached to an aromatic ring is 1. The maximum Gasteiger partial charge on any atom is 0.230 e. The highest BCUT2D eigenvalue weighted by atomic mass is 16.5. The van der Waals surface area contributed by atoms with Gasteiger partial charge in [0.1, 0.15) is 0 Å². The van der Waals surface area contributed by atoms with Crippen LogP contribution in [0.2, 0.25) is 0 Å². The molecule has 0 aliphatic heterocycles. The standard InChI is InChI=1S/C11H12N4O/c1-16-10-5-6-13-11(15-10)14-9-4-2-3-8(12)7-9/h2-7H,12H2,1H3,(H,13,14,15). The highest BCUT2D eigenvalue weighted by Gasteiger charge is 1.99. The Morgan fingerprint density at radius 2 is 2.19 bits per heavy atom. The Balaban J connectivity index is 2.20. The molecule has 1 heterocycles. The van der Waals surface area contributed by atoms with E-state index in [1.165, 1.54) is 0 Å². The summed E-state index contributed by atoms with van der Waals surface area (Å²) in [5, 5.41) is 3.04. The van der Waals surface area contributed by atoms with Crippen molar-refractivity contribution >= 4 is 17.3 Å². The fraction of sp³-hybridized carbons (Fsp3) is 0.0909. The second-order valence-corrected chi connectivity index (χ2v) is 3.17. The molecule has 1 aromatic carbocycles. The summed E-state index contributed by atoms with van der Waals surface area (Å²) in [5.74, 6) is 0.992. The predicted octanol–water partition coefficient (Wildman–Crippen LogP) is 1.81. The minimum atomic E-state index is 0.477. The summed E-state index contributed by atoms with van der Waals surface area (Å²) >= 11 is 0. The van der Waals surface area contributed by atoms with Gasteiger partial charge < -0.3 is 15.8 Å². The third-order valence-electron chi connectivity index (χ3n) is 1.98. The van der Waals surface area contributed by atoms with Crippen molar-refractivity contribution < 1.29 is 4.74 Å². The Morgan fingerprint density at radius 3 is 2.94 bits per heavy atom. The van der Waals surface area contributed by atoms with Crippen LogP contribution in [0.15, 0.2) is 36.5 Å². The molecule has 0 aliphatic carbocycles. The average Bonchev–Trinajstić information content (AvgIpc) is 2.29. The molecule has 1 aromatic heterocycles. The van der Waals surface area contributed by atoms with Crippen LogP contribution < -0.4 is 15.8 Å². The third kappa shape index (κ3) is 2.38. The smallest absolute Gasteiger partial charge is 0.230 e. The van der Waals surface area contributed by atoms with E-state index in [4.69, 9.17) is 10.5 Å². The van der Waals surface area contributed by atoms with Crippen LogP contribution in [-0.4, -0.2) is 17.1 Å². The van der Waals surface area contributed by atoms with E-state index < -0.39 is 0 Å². The lowest BCUT2D eigenvalue weighted by Crippen LogP contribution is -1.98. The highest BCUT2D eigenvalue weighted by Crippen LogP contribution is 2.16. The number of rotatable bonds is 3. The number of aromatic nitrogens is 2. The summed E-state index contributed by atoms with van der Waals surface area (Å²) in [6, 6.07) is 9.06. The molecule has 0 saturated heterocycles. The first kappa shape index (κ1) is 10.2. The highest BCUT2D eigenvalue weighted by molar-refractivity contribution is 5.59. The maximum atomic E-state index is 5.66. The summed E-state index contributed by atoms with van der Waals surface area (Å²) < 4.78 is 5.00. The zero-order valence-corrected chi connectivity index (χ0v) is 8.84. The zero-order chi connectivity index (χ0) is 11.4. The van der Waals surface area contributed by atoms with Crippen LogP contribution in [0.1, 0.15) is 0 Å². The molecule has 2 rings (SSSR count). The number of methoxy groups -OCH3 is 1. The number of nitrogens with one attached hydrogen (secondary N) is 1. The van der Waals surface area contributed by atoms with Crippen molar-refractivity contribution in [1.29, 1.82) is 0 Å². The quantitative estimate of drug-likeness (QED) is 0.765. The second kappa shape index (κ2) is 4.48. The summed E-state index contributed by atoms with van der Waals surface area (Å²) in [6.45, 7) is 0. The van der Waals surface area contributed by atoms with Crippen LogP contribution in [0, 0.1) is 0 Å². The van der Waals surface area contributed by atoms with Gasteiger partial charge in [0.25, 0.3) is 0 Å². The van der Waals surface area contributed by atoms with Gasteiger partial charge in [0.05, 0.1) is 7.11 Å². The number of anilines is 3. The van der Waals surface area contributed by atoms with E-state index in [1.54, 1.807) is 19.4 Å². The van der Waals surface area contributed by atoms with Gasteiger partial charge in [-0.1, -0.05) is 6.07 Å². The van der Waals surface area contributed by atoms with Crippen molar-refractivity contribution in [3.8, 4) is 5.88 Å². The van der Waals surface area contributed by atoms with Crippen LogP contribution >= 0.6 is 0 Å². The fourth-order valence-electron chi connectivity index (χ4n) is 1.26. The van der Waals surface area contributed by atoms with Crippen LogP contribution in [0.4, 0.5) is 17.3 Å². The van der Waals surface area contributed by atoms with Crippen LogP contribution in [0.25, 0.3) is 0 Å². The Kier molecular flexibility index (Phi) is 2.86. The van der Waals surface area contributed by atoms with E-state index >= 15 is 0 Å². The van der Waals surface area contributed by atoms with E-state index in [9.17, 15) is 0 Å². The fourth-order valence-corrected chi connectivity index (χ4v) is 1.26. The van der Waals surface area contributed by atoms with Gasteiger partial charge in [0.2, 0.25) is 11.8 Å². The first-order valence-electron chi connectivity index (χ1n) is 4.77. The zero-order valence-electron chi connectivity index (χ0n) is 8.84. The minimum Gasteiger partial charge on any atom is -0.481 e. The van der Waals surface area contributed by atoms with E-state index in [-0.39, 0.29) is 0 Å². The normalized spacial score (nSPS) is 9.81. The molecule has 0 fully saturated rings. The summed E-state index contributed by atoms with van der Waals surface area (Å²) in [4.78, 5) is 8.20. The van der Waals surface area contributed by atoms with Crippen LogP contribution in [0.3, 0.4) is 0 Å². The first-order valence-corrected chi connectivity index (χ1v) is 4.77. The van der Waals surface area contributed by atoms with E-state index in [0.717, 1.165) is 5.69 Å². The molecule has 5 nitrogen and oxygen atoms in total. The number of hydrogen-bond donors (Lipinski definition) is 2. The Hall–Kier alpha value is -2.30. The Bertz CT molecular complexity index is 487. The van der Waals surface area contributed by atoms with Gasteiger partial charge in [-0.25, -0.2) is 4.98 Å². The Morgan fingerprint density at radius 1 is 1.31 bits per heavy atom. The SMILES string of the molecule is COc1ccnc(Nc2cccc(N)c2)n1. The van der Waals surface area contributed by atoms with Crippen LogP contribution in [-0.2, 0) is 0 Å². The average molecular weight is 216 g/mol. The van der Waals surface area contributed by atoms with Gasteiger partial charge in [-0.05, 0) is 18.2 Å².